The number of hydrogen-bond donors (Lipinski definition) is 0. The van der Waals surface area contributed by atoms with Crippen molar-refractivity contribution in [2.45, 2.75) is 25.6 Å². The first kappa shape index (κ1) is 22.9. The zero-order valence-corrected chi connectivity index (χ0v) is 18.2. The van der Waals surface area contributed by atoms with Crippen molar-refractivity contribution in [2.24, 2.45) is 0 Å². The van der Waals surface area contributed by atoms with E-state index < -0.39 is 39.9 Å². The standard InChI is InChI=1S/C14H14Cl2F3O5PS2/c1-13(2)12(23-25(3,26)22-7-14(17,18)19)11(27(20,21)24-13)8-4-5-9(15)10(16)6-8/h4-6H,7H2,1-3H3. The van der Waals surface area contributed by atoms with Gasteiger partial charge in [0.2, 0.25) is 6.49 Å². The average molecular weight is 485 g/mol. The molecule has 1 aromatic rings. The first-order valence-corrected chi connectivity index (χ1v) is 12.4. The molecule has 0 bridgehead atoms. The molecule has 1 aromatic carbocycles. The normalized spacial score (nSPS) is 21.2. The first-order chi connectivity index (χ1) is 12.0. The van der Waals surface area contributed by atoms with Crippen LogP contribution < -0.4 is 0 Å². The minimum absolute atomic E-state index is 0.0742. The van der Waals surface area contributed by atoms with Crippen LogP contribution in [0.1, 0.15) is 19.4 Å². The third-order valence-corrected chi connectivity index (χ3v) is 7.17. The molecule has 0 saturated carbocycles. The number of hydrogen-bond acceptors (Lipinski definition) is 6. The highest BCUT2D eigenvalue weighted by molar-refractivity contribution is 8.09. The van der Waals surface area contributed by atoms with Crippen molar-refractivity contribution in [3.63, 3.8) is 0 Å². The summed E-state index contributed by atoms with van der Waals surface area (Å²) in [6.07, 6.45) is -4.61. The van der Waals surface area contributed by atoms with E-state index in [0.29, 0.717) is 0 Å². The third-order valence-electron chi connectivity index (χ3n) is 3.22. The van der Waals surface area contributed by atoms with Crippen LogP contribution in [0.5, 0.6) is 0 Å². The molecule has 1 aliphatic rings. The maximum atomic E-state index is 12.5. The van der Waals surface area contributed by atoms with Crippen LogP contribution in [0.4, 0.5) is 13.2 Å². The molecule has 0 saturated heterocycles. The fourth-order valence-electron chi connectivity index (χ4n) is 2.19. The van der Waals surface area contributed by atoms with E-state index in [1.807, 2.05) is 0 Å². The SMILES string of the molecule is CC1(C)OS(=O)(=O)C(c2ccc(Cl)c(Cl)c2)=C1OP(C)(=S)OCC(F)(F)F. The number of halogens is 5. The predicted molar refractivity (Wildman–Crippen MR) is 101 cm³/mol. The second-order valence-corrected chi connectivity index (χ2v) is 12.4. The Morgan fingerprint density at radius 1 is 1.26 bits per heavy atom. The van der Waals surface area contributed by atoms with E-state index in [1.54, 1.807) is 0 Å². The molecule has 0 aliphatic carbocycles. The van der Waals surface area contributed by atoms with Gasteiger partial charge in [0.25, 0.3) is 0 Å². The van der Waals surface area contributed by atoms with Crippen LogP contribution >= 0.6 is 29.7 Å². The average Bonchev–Trinajstić information content (AvgIpc) is 2.63. The summed E-state index contributed by atoms with van der Waals surface area (Å²) in [5.74, 6) is -0.256. The van der Waals surface area contributed by atoms with Crippen molar-refractivity contribution >= 4 is 56.5 Å². The van der Waals surface area contributed by atoms with Crippen LogP contribution in [0.3, 0.4) is 0 Å². The van der Waals surface area contributed by atoms with Gasteiger partial charge in [0.05, 0.1) is 10.0 Å². The van der Waals surface area contributed by atoms with E-state index in [1.165, 1.54) is 32.0 Å². The Kier molecular flexibility index (Phi) is 6.35. The van der Waals surface area contributed by atoms with Gasteiger partial charge in [0, 0.05) is 12.2 Å². The molecule has 0 radical (unpaired) electrons. The lowest BCUT2D eigenvalue weighted by Crippen LogP contribution is -2.24. The van der Waals surface area contributed by atoms with Gasteiger partial charge in [-0.1, -0.05) is 29.3 Å². The van der Waals surface area contributed by atoms with Crippen molar-refractivity contribution in [3.8, 4) is 0 Å². The predicted octanol–water partition coefficient (Wildman–Crippen LogP) is 5.34. The zero-order valence-electron chi connectivity index (χ0n) is 14.1. The van der Waals surface area contributed by atoms with Crippen LogP contribution in [0.15, 0.2) is 24.0 Å². The van der Waals surface area contributed by atoms with Crippen molar-refractivity contribution in [2.75, 3.05) is 13.3 Å². The van der Waals surface area contributed by atoms with Gasteiger partial charge in [-0.05, 0) is 37.8 Å². The summed E-state index contributed by atoms with van der Waals surface area (Å²) in [4.78, 5) is -0.391. The molecule has 5 nitrogen and oxygen atoms in total. The van der Waals surface area contributed by atoms with E-state index in [4.69, 9.17) is 48.2 Å². The fourth-order valence-corrected chi connectivity index (χ4v) is 5.64. The Morgan fingerprint density at radius 2 is 1.85 bits per heavy atom. The topological polar surface area (TPSA) is 61.8 Å². The molecule has 1 heterocycles. The maximum absolute atomic E-state index is 12.5. The maximum Gasteiger partial charge on any atom is 0.412 e. The van der Waals surface area contributed by atoms with Gasteiger partial charge >= 0.3 is 16.3 Å². The van der Waals surface area contributed by atoms with Crippen molar-refractivity contribution < 1.29 is 34.8 Å². The summed E-state index contributed by atoms with van der Waals surface area (Å²) in [5.41, 5.74) is -1.42. The van der Waals surface area contributed by atoms with Crippen LogP contribution in [-0.2, 0) is 35.2 Å². The summed E-state index contributed by atoms with van der Waals surface area (Å²) >= 11 is 16.8. The van der Waals surface area contributed by atoms with Crippen molar-refractivity contribution in [1.82, 2.24) is 0 Å². The molecule has 1 unspecified atom stereocenters. The minimum atomic E-state index is -4.61. The molecule has 0 spiro atoms. The zero-order chi connectivity index (χ0) is 20.8. The van der Waals surface area contributed by atoms with E-state index in [2.05, 4.69) is 0 Å². The Balaban J connectivity index is 2.55. The number of rotatable bonds is 5. The molecule has 1 aliphatic heterocycles. The smallest absolute Gasteiger partial charge is 0.412 e. The van der Waals surface area contributed by atoms with Gasteiger partial charge < -0.3 is 9.05 Å². The Morgan fingerprint density at radius 3 is 2.37 bits per heavy atom. The molecule has 0 amide bonds. The molecule has 152 valence electrons. The van der Waals surface area contributed by atoms with Gasteiger partial charge in [-0.15, -0.1) is 0 Å². The van der Waals surface area contributed by atoms with E-state index in [0.717, 1.165) is 6.66 Å². The summed E-state index contributed by atoms with van der Waals surface area (Å²) in [6.45, 7) is -1.20. The second kappa shape index (κ2) is 7.48. The summed E-state index contributed by atoms with van der Waals surface area (Å²) < 4.78 is 77.6. The third kappa shape index (κ3) is 5.59. The summed E-state index contributed by atoms with van der Waals surface area (Å²) in [5, 5.41) is 0.262. The van der Waals surface area contributed by atoms with E-state index in [-0.39, 0.29) is 21.4 Å². The van der Waals surface area contributed by atoms with Crippen LogP contribution in [0.2, 0.25) is 10.0 Å². The minimum Gasteiger partial charge on any atom is -0.443 e. The molecule has 0 fully saturated rings. The van der Waals surface area contributed by atoms with Gasteiger partial charge in [0.15, 0.2) is 12.4 Å². The summed E-state index contributed by atoms with van der Waals surface area (Å²) in [6, 6.07) is 4.01. The molecule has 13 heteroatoms. The van der Waals surface area contributed by atoms with Gasteiger partial charge in [0.1, 0.15) is 10.5 Å². The molecule has 27 heavy (non-hydrogen) atoms. The van der Waals surface area contributed by atoms with Gasteiger partial charge in [-0.2, -0.15) is 21.6 Å². The molecule has 0 N–H and O–H groups in total. The highest BCUT2D eigenvalue weighted by Gasteiger charge is 2.48. The largest absolute Gasteiger partial charge is 0.443 e. The van der Waals surface area contributed by atoms with Gasteiger partial charge in [-0.3, -0.25) is 4.18 Å². The summed E-state index contributed by atoms with van der Waals surface area (Å²) in [7, 11) is -4.30. The lowest BCUT2D eigenvalue weighted by atomic mass is 10.0. The molecule has 1 atom stereocenters. The fraction of sp³-hybridized carbons (Fsp3) is 0.429. The Bertz CT molecular complexity index is 945. The first-order valence-electron chi connectivity index (χ1n) is 7.18. The number of alkyl halides is 3. The van der Waals surface area contributed by atoms with Crippen molar-refractivity contribution in [3.05, 3.63) is 39.6 Å². The second-order valence-electron chi connectivity index (χ2n) is 6.09. The quantitative estimate of drug-likeness (QED) is 0.415. The lowest BCUT2D eigenvalue weighted by Gasteiger charge is -2.26. The number of benzene rings is 1. The molecular weight excluding hydrogens is 471 g/mol. The molecule has 0 aromatic heterocycles. The van der Waals surface area contributed by atoms with E-state index in [9.17, 15) is 21.6 Å². The van der Waals surface area contributed by atoms with Crippen molar-refractivity contribution in [1.29, 1.82) is 0 Å². The lowest BCUT2D eigenvalue weighted by molar-refractivity contribution is -0.153. The Labute approximate surface area is 169 Å². The molecule has 2 rings (SSSR count). The van der Waals surface area contributed by atoms with E-state index >= 15 is 0 Å². The highest BCUT2D eigenvalue weighted by Crippen LogP contribution is 2.54. The molecular formula is C14H14Cl2F3O5PS2. The van der Waals surface area contributed by atoms with Crippen LogP contribution in [0, 0.1) is 0 Å². The van der Waals surface area contributed by atoms with Crippen LogP contribution in [-0.4, -0.2) is 33.5 Å². The monoisotopic (exact) mass is 484 g/mol. The van der Waals surface area contributed by atoms with Gasteiger partial charge in [-0.25, -0.2) is 0 Å². The highest BCUT2D eigenvalue weighted by atomic mass is 35.5. The van der Waals surface area contributed by atoms with Crippen LogP contribution in [0.25, 0.3) is 4.91 Å². The Hall–Kier alpha value is -0.350.